The van der Waals surface area contributed by atoms with Crippen LogP contribution < -0.4 is 0 Å². The minimum Gasteiger partial charge on any atom is -0.133 e. The second kappa shape index (κ2) is 17.6. The zero-order valence-corrected chi connectivity index (χ0v) is 15.0. The average Bonchev–Trinajstić information content (AvgIpc) is 2.49. The largest absolute Gasteiger partial charge is 0.133 e. The van der Waals surface area contributed by atoms with Crippen molar-refractivity contribution in [1.29, 1.82) is 0 Å². The first-order valence-corrected chi connectivity index (χ1v) is 9.65. The van der Waals surface area contributed by atoms with Gasteiger partial charge in [0.15, 0.2) is 0 Å². The lowest BCUT2D eigenvalue weighted by Crippen LogP contribution is -1.95. The van der Waals surface area contributed by atoms with Gasteiger partial charge < -0.3 is 0 Å². The van der Waals surface area contributed by atoms with Crippen molar-refractivity contribution in [3.8, 4) is 0 Å². The number of hydrogen-bond acceptors (Lipinski definition) is 0. The zero-order chi connectivity index (χ0) is 15.6. The van der Waals surface area contributed by atoms with E-state index in [4.69, 9.17) is 0 Å². The van der Waals surface area contributed by atoms with Crippen LogP contribution in [0.15, 0.2) is 18.4 Å². The highest BCUT2D eigenvalue weighted by Gasteiger charge is 2.02. The van der Waals surface area contributed by atoms with Gasteiger partial charge in [0.2, 0.25) is 0 Å². The van der Waals surface area contributed by atoms with Crippen molar-refractivity contribution < 1.29 is 0 Å². The molecule has 0 heteroatoms. The molecule has 0 aliphatic heterocycles. The molecule has 1 atom stereocenters. The van der Waals surface area contributed by atoms with Crippen LogP contribution in [0, 0.1) is 5.92 Å². The quantitative estimate of drug-likeness (QED) is 0.201. The molecule has 1 unspecified atom stereocenters. The third-order valence-corrected chi connectivity index (χ3v) is 4.49. The van der Waals surface area contributed by atoms with Crippen LogP contribution in [0.1, 0.15) is 110 Å². The second-order valence-corrected chi connectivity index (χ2v) is 6.77. The maximum absolute atomic E-state index is 3.59. The molecule has 21 heavy (non-hydrogen) atoms. The Balaban J connectivity index is 3.15. The lowest BCUT2D eigenvalue weighted by molar-refractivity contribution is 0.431. The summed E-state index contributed by atoms with van der Waals surface area (Å²) in [7, 11) is 0. The molecule has 0 spiro atoms. The predicted octanol–water partition coefficient (Wildman–Crippen LogP) is 7.84. The molecule has 0 aromatic carbocycles. The van der Waals surface area contributed by atoms with Crippen molar-refractivity contribution in [3.63, 3.8) is 0 Å². The van der Waals surface area contributed by atoms with Crippen molar-refractivity contribution in [2.24, 2.45) is 5.92 Å². The summed E-state index contributed by atoms with van der Waals surface area (Å²) in [6.07, 6.45) is 23.2. The van der Waals surface area contributed by atoms with Gasteiger partial charge in [-0.3, -0.25) is 0 Å². The fraction of sp³-hybridized carbons (Fsp3) is 0.857. The summed E-state index contributed by atoms with van der Waals surface area (Å²) in [5.41, 5.74) is 2.85. The van der Waals surface area contributed by atoms with E-state index < -0.39 is 0 Å². The summed E-state index contributed by atoms with van der Waals surface area (Å²) in [6, 6.07) is 0. The van der Waals surface area contributed by atoms with Gasteiger partial charge >= 0.3 is 0 Å². The van der Waals surface area contributed by atoms with Crippen molar-refractivity contribution in [2.45, 2.75) is 110 Å². The third kappa shape index (κ3) is 17.5. The van der Waals surface area contributed by atoms with Gasteiger partial charge in [0, 0.05) is 0 Å². The number of hydrogen-bond donors (Lipinski definition) is 0. The van der Waals surface area contributed by atoms with E-state index in [-0.39, 0.29) is 0 Å². The van der Waals surface area contributed by atoms with Gasteiger partial charge in [-0.1, -0.05) is 104 Å². The first kappa shape index (κ1) is 20.5. The van der Waals surface area contributed by atoms with Crippen LogP contribution in [0.2, 0.25) is 0 Å². The highest BCUT2D eigenvalue weighted by atomic mass is 14.1. The first-order valence-electron chi connectivity index (χ1n) is 9.65. The maximum Gasteiger partial charge on any atom is -0.0275 e. The summed E-state index contributed by atoms with van der Waals surface area (Å²) in [6.45, 7) is 8.34. The van der Waals surface area contributed by atoms with Gasteiger partial charge in [0.05, 0.1) is 0 Å². The summed E-state index contributed by atoms with van der Waals surface area (Å²) in [4.78, 5) is 0. The molecule has 0 aliphatic carbocycles. The SMILES string of the molecule is C=C=CCCCCCCCCC(C)CCCCCCCC. The van der Waals surface area contributed by atoms with Crippen molar-refractivity contribution >= 4 is 0 Å². The van der Waals surface area contributed by atoms with Crippen LogP contribution >= 0.6 is 0 Å². The van der Waals surface area contributed by atoms with E-state index in [1.165, 1.54) is 96.3 Å². The molecule has 0 saturated carbocycles. The van der Waals surface area contributed by atoms with Gasteiger partial charge in [0.1, 0.15) is 0 Å². The fourth-order valence-corrected chi connectivity index (χ4v) is 2.97. The molecule has 0 N–H and O–H groups in total. The van der Waals surface area contributed by atoms with Gasteiger partial charge in [-0.25, -0.2) is 0 Å². The predicted molar refractivity (Wildman–Crippen MR) is 97.8 cm³/mol. The third-order valence-electron chi connectivity index (χ3n) is 4.49. The first-order chi connectivity index (χ1) is 10.3. The van der Waals surface area contributed by atoms with Gasteiger partial charge in [-0.15, -0.1) is 5.73 Å². The average molecular weight is 293 g/mol. The van der Waals surface area contributed by atoms with Crippen LogP contribution in [0.5, 0.6) is 0 Å². The Bertz CT molecular complexity index is 234. The Morgan fingerprint density at radius 3 is 1.76 bits per heavy atom. The van der Waals surface area contributed by atoms with E-state index in [1.807, 2.05) is 0 Å². The van der Waals surface area contributed by atoms with Crippen LogP contribution in [-0.2, 0) is 0 Å². The monoisotopic (exact) mass is 292 g/mol. The van der Waals surface area contributed by atoms with Gasteiger partial charge in [-0.2, -0.15) is 0 Å². The molecule has 0 bridgehead atoms. The Kier molecular flexibility index (Phi) is 17.2. The Labute approximate surface area is 135 Å². The summed E-state index contributed by atoms with van der Waals surface area (Å²) in [5, 5.41) is 0. The van der Waals surface area contributed by atoms with Crippen LogP contribution in [0.3, 0.4) is 0 Å². The van der Waals surface area contributed by atoms with E-state index in [1.54, 1.807) is 0 Å². The summed E-state index contributed by atoms with van der Waals surface area (Å²) >= 11 is 0. The molecule has 0 amide bonds. The van der Waals surface area contributed by atoms with E-state index in [2.05, 4.69) is 32.2 Å². The van der Waals surface area contributed by atoms with E-state index in [9.17, 15) is 0 Å². The maximum atomic E-state index is 3.59. The summed E-state index contributed by atoms with van der Waals surface area (Å²) in [5.74, 6) is 0.953. The minimum absolute atomic E-state index is 0.953. The van der Waals surface area contributed by atoms with E-state index in [0.29, 0.717) is 0 Å². The van der Waals surface area contributed by atoms with Crippen LogP contribution in [0.4, 0.5) is 0 Å². The van der Waals surface area contributed by atoms with Crippen LogP contribution in [-0.4, -0.2) is 0 Å². The van der Waals surface area contributed by atoms with Gasteiger partial charge in [0.25, 0.3) is 0 Å². The Hall–Kier alpha value is -0.480. The van der Waals surface area contributed by atoms with E-state index >= 15 is 0 Å². The molecular formula is C21H40. The van der Waals surface area contributed by atoms with Crippen molar-refractivity contribution in [3.05, 3.63) is 18.4 Å². The van der Waals surface area contributed by atoms with E-state index in [0.717, 1.165) is 5.92 Å². The van der Waals surface area contributed by atoms with Crippen molar-refractivity contribution in [1.82, 2.24) is 0 Å². The molecule has 0 aliphatic rings. The number of unbranched alkanes of at least 4 members (excludes halogenated alkanes) is 11. The molecule has 0 aromatic heterocycles. The zero-order valence-electron chi connectivity index (χ0n) is 15.0. The highest BCUT2D eigenvalue weighted by Crippen LogP contribution is 2.18. The lowest BCUT2D eigenvalue weighted by atomic mass is 9.96. The standard InChI is InChI=1S/C21H40/c1-4-6-8-10-12-13-14-16-18-20-21(3)19-17-15-11-9-7-5-2/h6,21H,1,5,7-20H2,2-3H3. The number of rotatable bonds is 16. The lowest BCUT2D eigenvalue weighted by Gasteiger charge is -2.11. The van der Waals surface area contributed by atoms with Gasteiger partial charge in [-0.05, 0) is 24.8 Å². The Morgan fingerprint density at radius 1 is 0.762 bits per heavy atom. The smallest absolute Gasteiger partial charge is 0.0275 e. The van der Waals surface area contributed by atoms with Crippen molar-refractivity contribution in [2.75, 3.05) is 0 Å². The normalized spacial score (nSPS) is 12.1. The Morgan fingerprint density at radius 2 is 1.24 bits per heavy atom. The summed E-state index contributed by atoms with van der Waals surface area (Å²) < 4.78 is 0. The molecule has 0 saturated heterocycles. The molecule has 0 aromatic rings. The molecule has 0 radical (unpaired) electrons. The molecule has 0 heterocycles. The second-order valence-electron chi connectivity index (χ2n) is 6.77. The molecule has 0 fully saturated rings. The molecule has 0 rings (SSSR count). The highest BCUT2D eigenvalue weighted by molar-refractivity contribution is 4.74. The molecular weight excluding hydrogens is 252 g/mol. The molecule has 124 valence electrons. The molecule has 0 nitrogen and oxygen atoms in total. The number of allylic oxidation sites excluding steroid dienone is 1. The minimum atomic E-state index is 0.953. The fourth-order valence-electron chi connectivity index (χ4n) is 2.97. The topological polar surface area (TPSA) is 0 Å². The van der Waals surface area contributed by atoms with Crippen LogP contribution in [0.25, 0.3) is 0 Å².